The molecule has 0 unspecified atom stereocenters. The SMILES string of the molecule is Cc1cc(N)c(C)c(C=S)c1C. The van der Waals surface area contributed by atoms with Gasteiger partial charge in [0.1, 0.15) is 0 Å². The fourth-order valence-electron chi connectivity index (χ4n) is 1.28. The molecular weight excluding hydrogens is 166 g/mol. The molecule has 2 N–H and O–H groups in total. The lowest BCUT2D eigenvalue weighted by Gasteiger charge is -2.10. The van der Waals surface area contributed by atoms with Gasteiger partial charge < -0.3 is 5.73 Å². The van der Waals surface area contributed by atoms with Gasteiger partial charge in [-0.2, -0.15) is 0 Å². The van der Waals surface area contributed by atoms with E-state index in [4.69, 9.17) is 18.0 Å². The largest absolute Gasteiger partial charge is 0.398 e. The summed E-state index contributed by atoms with van der Waals surface area (Å²) in [5, 5.41) is 1.70. The Kier molecular flexibility index (Phi) is 2.48. The second-order valence-corrected chi connectivity index (χ2v) is 3.30. The Morgan fingerprint density at radius 3 is 2.33 bits per heavy atom. The fourth-order valence-corrected chi connectivity index (χ4v) is 1.63. The van der Waals surface area contributed by atoms with Gasteiger partial charge in [-0.05, 0) is 49.1 Å². The number of hydrogen-bond donors (Lipinski definition) is 1. The lowest BCUT2D eigenvalue weighted by molar-refractivity contribution is 1.29. The molecule has 0 fully saturated rings. The van der Waals surface area contributed by atoms with Crippen molar-refractivity contribution in [1.29, 1.82) is 0 Å². The summed E-state index contributed by atoms with van der Waals surface area (Å²) in [5.74, 6) is 0. The minimum Gasteiger partial charge on any atom is -0.398 e. The topological polar surface area (TPSA) is 26.0 Å². The summed E-state index contributed by atoms with van der Waals surface area (Å²) in [7, 11) is 0. The van der Waals surface area contributed by atoms with Crippen LogP contribution in [0.5, 0.6) is 0 Å². The number of aryl methyl sites for hydroxylation is 1. The van der Waals surface area contributed by atoms with Crippen LogP contribution < -0.4 is 5.73 Å². The summed E-state index contributed by atoms with van der Waals surface area (Å²) in [5.41, 5.74) is 11.3. The fraction of sp³-hybridized carbons (Fsp3) is 0.300. The minimum absolute atomic E-state index is 0.828. The van der Waals surface area contributed by atoms with Crippen molar-refractivity contribution in [3.8, 4) is 0 Å². The molecule has 0 aromatic heterocycles. The van der Waals surface area contributed by atoms with E-state index in [1.807, 2.05) is 19.9 Å². The first-order valence-electron chi connectivity index (χ1n) is 3.89. The van der Waals surface area contributed by atoms with Crippen molar-refractivity contribution < 1.29 is 0 Å². The normalized spacial score (nSPS) is 9.92. The van der Waals surface area contributed by atoms with Crippen molar-refractivity contribution in [1.82, 2.24) is 0 Å². The van der Waals surface area contributed by atoms with E-state index in [0.717, 1.165) is 16.8 Å². The number of nitrogens with two attached hydrogens (primary N) is 1. The smallest absolute Gasteiger partial charge is 0.0352 e. The van der Waals surface area contributed by atoms with Gasteiger partial charge in [-0.15, -0.1) is 0 Å². The Morgan fingerprint density at radius 1 is 1.25 bits per heavy atom. The van der Waals surface area contributed by atoms with Crippen molar-refractivity contribution in [2.75, 3.05) is 5.73 Å². The molecule has 64 valence electrons. The maximum absolute atomic E-state index is 5.80. The zero-order chi connectivity index (χ0) is 9.30. The van der Waals surface area contributed by atoms with Crippen molar-refractivity contribution in [3.05, 3.63) is 28.3 Å². The third-order valence-corrected chi connectivity index (χ3v) is 2.56. The minimum atomic E-state index is 0.828. The van der Waals surface area contributed by atoms with Crippen molar-refractivity contribution >= 4 is 23.3 Å². The molecule has 0 aliphatic rings. The van der Waals surface area contributed by atoms with E-state index in [2.05, 4.69) is 6.92 Å². The first-order valence-corrected chi connectivity index (χ1v) is 4.36. The summed E-state index contributed by atoms with van der Waals surface area (Å²) < 4.78 is 0. The van der Waals surface area contributed by atoms with Gasteiger partial charge >= 0.3 is 0 Å². The van der Waals surface area contributed by atoms with Crippen LogP contribution in [0.4, 0.5) is 5.69 Å². The van der Waals surface area contributed by atoms with Crippen LogP contribution >= 0.6 is 12.2 Å². The maximum atomic E-state index is 5.80. The summed E-state index contributed by atoms with van der Waals surface area (Å²) in [6, 6.07) is 1.99. The molecule has 0 saturated heterocycles. The Bertz CT molecular complexity index is 303. The van der Waals surface area contributed by atoms with Gasteiger partial charge in [0.2, 0.25) is 0 Å². The summed E-state index contributed by atoms with van der Waals surface area (Å²) in [6.07, 6.45) is 0. The summed E-state index contributed by atoms with van der Waals surface area (Å²) in [6.45, 7) is 6.12. The van der Waals surface area contributed by atoms with Crippen LogP contribution in [0, 0.1) is 20.8 Å². The average Bonchev–Trinajstić information content (AvgIpc) is 2.02. The van der Waals surface area contributed by atoms with Gasteiger partial charge in [0, 0.05) is 11.1 Å². The molecule has 0 radical (unpaired) electrons. The zero-order valence-corrected chi connectivity index (χ0v) is 8.46. The van der Waals surface area contributed by atoms with E-state index in [1.165, 1.54) is 11.1 Å². The Hall–Kier alpha value is -0.890. The second kappa shape index (κ2) is 3.23. The van der Waals surface area contributed by atoms with Crippen LogP contribution in [0.3, 0.4) is 0 Å². The number of benzene rings is 1. The molecule has 0 aliphatic heterocycles. The predicted octanol–water partition coefficient (Wildman–Crippen LogP) is 2.54. The molecular formula is C10H13NS. The van der Waals surface area contributed by atoms with Gasteiger partial charge in [-0.1, -0.05) is 12.2 Å². The van der Waals surface area contributed by atoms with E-state index in [1.54, 1.807) is 5.37 Å². The van der Waals surface area contributed by atoms with Crippen LogP contribution in [0.1, 0.15) is 22.3 Å². The van der Waals surface area contributed by atoms with Crippen molar-refractivity contribution in [3.63, 3.8) is 0 Å². The molecule has 0 spiro atoms. The first kappa shape index (κ1) is 9.20. The molecule has 0 saturated carbocycles. The van der Waals surface area contributed by atoms with Crippen LogP contribution in [0.25, 0.3) is 0 Å². The lowest BCUT2D eigenvalue weighted by Crippen LogP contribution is -1.99. The third-order valence-electron chi connectivity index (χ3n) is 2.32. The highest BCUT2D eigenvalue weighted by molar-refractivity contribution is 7.79. The number of thiocarbonyl (C=S) groups is 1. The monoisotopic (exact) mass is 179 g/mol. The molecule has 0 amide bonds. The number of hydrogen-bond acceptors (Lipinski definition) is 2. The predicted molar refractivity (Wildman–Crippen MR) is 57.8 cm³/mol. The highest BCUT2D eigenvalue weighted by atomic mass is 32.1. The summed E-state index contributed by atoms with van der Waals surface area (Å²) >= 11 is 4.93. The zero-order valence-electron chi connectivity index (χ0n) is 7.64. The van der Waals surface area contributed by atoms with Crippen molar-refractivity contribution in [2.45, 2.75) is 20.8 Å². The molecule has 0 bridgehead atoms. The van der Waals surface area contributed by atoms with Crippen LogP contribution in [-0.2, 0) is 0 Å². The molecule has 0 heterocycles. The Morgan fingerprint density at radius 2 is 1.83 bits per heavy atom. The standard InChI is InChI=1S/C10H13NS/c1-6-4-10(11)8(3)9(5-12)7(6)2/h4-5H,11H2,1-3H3. The third kappa shape index (κ3) is 1.34. The second-order valence-electron chi connectivity index (χ2n) is 3.06. The molecule has 1 rings (SSSR count). The highest BCUT2D eigenvalue weighted by Gasteiger charge is 2.05. The first-order chi connectivity index (χ1) is 5.57. The van der Waals surface area contributed by atoms with E-state index in [-0.39, 0.29) is 0 Å². The average molecular weight is 179 g/mol. The summed E-state index contributed by atoms with van der Waals surface area (Å²) in [4.78, 5) is 0. The molecule has 0 aliphatic carbocycles. The van der Waals surface area contributed by atoms with E-state index in [0.29, 0.717) is 0 Å². The van der Waals surface area contributed by atoms with Crippen molar-refractivity contribution in [2.24, 2.45) is 0 Å². The number of anilines is 1. The lowest BCUT2D eigenvalue weighted by atomic mass is 9.98. The molecule has 12 heavy (non-hydrogen) atoms. The quantitative estimate of drug-likeness (QED) is 0.529. The van der Waals surface area contributed by atoms with Gasteiger partial charge in [0.25, 0.3) is 0 Å². The highest BCUT2D eigenvalue weighted by Crippen LogP contribution is 2.21. The number of rotatable bonds is 1. The number of nitrogen functional groups attached to an aromatic ring is 1. The maximum Gasteiger partial charge on any atom is 0.0352 e. The van der Waals surface area contributed by atoms with Gasteiger partial charge in [0.05, 0.1) is 0 Å². The molecule has 1 aromatic rings. The molecule has 1 aromatic carbocycles. The van der Waals surface area contributed by atoms with Crippen LogP contribution in [0.2, 0.25) is 0 Å². The van der Waals surface area contributed by atoms with Crippen LogP contribution in [-0.4, -0.2) is 5.37 Å². The Labute approximate surface area is 78.6 Å². The van der Waals surface area contributed by atoms with E-state index in [9.17, 15) is 0 Å². The molecule has 1 nitrogen and oxygen atoms in total. The van der Waals surface area contributed by atoms with Gasteiger partial charge in [-0.3, -0.25) is 0 Å². The van der Waals surface area contributed by atoms with Crippen LogP contribution in [0.15, 0.2) is 6.07 Å². The van der Waals surface area contributed by atoms with E-state index >= 15 is 0 Å². The van der Waals surface area contributed by atoms with E-state index < -0.39 is 0 Å². The molecule has 2 heteroatoms. The van der Waals surface area contributed by atoms with Gasteiger partial charge in [0.15, 0.2) is 0 Å². The van der Waals surface area contributed by atoms with Gasteiger partial charge in [-0.25, -0.2) is 0 Å². The molecule has 0 atom stereocenters. The Balaban J connectivity index is 3.52.